The number of nitrogens with two attached hydrogens (primary N) is 1. The second-order valence-corrected chi connectivity index (χ2v) is 5.88. The van der Waals surface area contributed by atoms with Crippen molar-refractivity contribution in [3.8, 4) is 0 Å². The zero-order chi connectivity index (χ0) is 8.93. The third-order valence-corrected chi connectivity index (χ3v) is 4.80. The highest BCUT2D eigenvalue weighted by Crippen LogP contribution is 2.44. The fraction of sp³-hybridized carbons (Fsp3) is 1.00. The molecule has 0 aromatic carbocycles. The number of piperidine rings is 1. The summed E-state index contributed by atoms with van der Waals surface area (Å²) < 4.78 is 24.3. The van der Waals surface area contributed by atoms with Gasteiger partial charge < -0.3 is 5.73 Å². The van der Waals surface area contributed by atoms with Gasteiger partial charge in [-0.25, -0.2) is 12.7 Å². The SMILES string of the molecule is CCS(=O)(=O)N1CC2C(N)C2C1. The summed E-state index contributed by atoms with van der Waals surface area (Å²) in [6, 6.07) is 0.272. The summed E-state index contributed by atoms with van der Waals surface area (Å²) >= 11 is 0. The lowest BCUT2D eigenvalue weighted by atomic mass is 10.4. The van der Waals surface area contributed by atoms with Gasteiger partial charge in [0, 0.05) is 19.1 Å². The summed E-state index contributed by atoms with van der Waals surface area (Å²) in [6.07, 6.45) is 0. The van der Waals surface area contributed by atoms with Gasteiger partial charge in [0.25, 0.3) is 0 Å². The van der Waals surface area contributed by atoms with Gasteiger partial charge in [0.05, 0.1) is 5.75 Å². The Kier molecular flexibility index (Phi) is 1.72. The lowest BCUT2D eigenvalue weighted by Crippen LogP contribution is -2.34. The Morgan fingerprint density at radius 3 is 2.33 bits per heavy atom. The Bertz CT molecular complexity index is 276. The van der Waals surface area contributed by atoms with E-state index < -0.39 is 10.0 Å². The molecule has 0 bridgehead atoms. The molecular weight excluding hydrogens is 176 g/mol. The van der Waals surface area contributed by atoms with Gasteiger partial charge in [-0.3, -0.25) is 0 Å². The number of nitrogens with zero attached hydrogens (tertiary/aromatic N) is 1. The van der Waals surface area contributed by atoms with Crippen LogP contribution in [0.3, 0.4) is 0 Å². The van der Waals surface area contributed by atoms with Crippen LogP contribution in [-0.4, -0.2) is 37.6 Å². The van der Waals surface area contributed by atoms with Crippen molar-refractivity contribution in [3.05, 3.63) is 0 Å². The maximum absolute atomic E-state index is 11.4. The minimum Gasteiger partial charge on any atom is -0.327 e. The smallest absolute Gasteiger partial charge is 0.213 e. The van der Waals surface area contributed by atoms with E-state index in [4.69, 9.17) is 5.73 Å². The van der Waals surface area contributed by atoms with Crippen molar-refractivity contribution in [1.29, 1.82) is 0 Å². The second kappa shape index (κ2) is 2.43. The molecule has 2 rings (SSSR count). The van der Waals surface area contributed by atoms with E-state index in [-0.39, 0.29) is 11.8 Å². The molecule has 70 valence electrons. The van der Waals surface area contributed by atoms with Gasteiger partial charge in [-0.05, 0) is 18.8 Å². The van der Waals surface area contributed by atoms with Gasteiger partial charge in [0.15, 0.2) is 0 Å². The van der Waals surface area contributed by atoms with Crippen molar-refractivity contribution >= 4 is 10.0 Å². The predicted molar refractivity (Wildman–Crippen MR) is 46.0 cm³/mol. The fourth-order valence-corrected chi connectivity index (χ4v) is 3.11. The Morgan fingerprint density at radius 2 is 1.92 bits per heavy atom. The molecule has 0 aromatic rings. The second-order valence-electron chi connectivity index (χ2n) is 3.62. The number of sulfonamides is 1. The minimum atomic E-state index is -2.95. The van der Waals surface area contributed by atoms with E-state index in [0.29, 0.717) is 24.9 Å². The van der Waals surface area contributed by atoms with Crippen molar-refractivity contribution in [2.45, 2.75) is 13.0 Å². The van der Waals surface area contributed by atoms with Crippen molar-refractivity contribution < 1.29 is 8.42 Å². The summed E-state index contributed by atoms with van der Waals surface area (Å²) in [5.41, 5.74) is 5.70. The lowest BCUT2D eigenvalue weighted by Gasteiger charge is -2.17. The number of hydrogen-bond acceptors (Lipinski definition) is 3. The van der Waals surface area contributed by atoms with Crippen molar-refractivity contribution in [3.63, 3.8) is 0 Å². The number of rotatable bonds is 2. The molecule has 1 aliphatic carbocycles. The molecular formula is C7H14N2O2S. The standard InChI is InChI=1S/C7H14N2O2S/c1-2-12(10,11)9-3-5-6(4-9)7(5)8/h5-7H,2-4,8H2,1H3. The van der Waals surface area contributed by atoms with Crippen molar-refractivity contribution in [2.75, 3.05) is 18.8 Å². The van der Waals surface area contributed by atoms with E-state index in [1.807, 2.05) is 0 Å². The van der Waals surface area contributed by atoms with E-state index in [1.54, 1.807) is 11.2 Å². The first-order chi connectivity index (χ1) is 5.56. The van der Waals surface area contributed by atoms with Crippen LogP contribution in [-0.2, 0) is 10.0 Å². The predicted octanol–water partition coefficient (Wildman–Crippen LogP) is -0.775. The van der Waals surface area contributed by atoms with Crippen molar-refractivity contribution in [2.24, 2.45) is 17.6 Å². The monoisotopic (exact) mass is 190 g/mol. The first-order valence-corrected chi connectivity index (χ1v) is 5.90. The average molecular weight is 190 g/mol. The molecule has 0 aromatic heterocycles. The van der Waals surface area contributed by atoms with Gasteiger partial charge in [-0.2, -0.15) is 0 Å². The molecule has 0 spiro atoms. The quantitative estimate of drug-likeness (QED) is 0.621. The first-order valence-electron chi connectivity index (χ1n) is 4.29. The van der Waals surface area contributed by atoms with Crippen LogP contribution < -0.4 is 5.73 Å². The maximum atomic E-state index is 11.4. The molecule has 4 nitrogen and oxygen atoms in total. The van der Waals surface area contributed by atoms with Crippen LogP contribution in [0.1, 0.15) is 6.92 Å². The molecule has 12 heavy (non-hydrogen) atoms. The Morgan fingerprint density at radius 1 is 1.42 bits per heavy atom. The highest BCUT2D eigenvalue weighted by atomic mass is 32.2. The lowest BCUT2D eigenvalue weighted by molar-refractivity contribution is 0.433. The molecule has 1 heterocycles. The van der Waals surface area contributed by atoms with E-state index in [9.17, 15) is 8.42 Å². The van der Waals surface area contributed by atoms with Crippen molar-refractivity contribution in [1.82, 2.24) is 4.31 Å². The normalized spacial score (nSPS) is 41.3. The van der Waals surface area contributed by atoms with Crippen LogP contribution in [0.25, 0.3) is 0 Å². The minimum absolute atomic E-state index is 0.210. The van der Waals surface area contributed by atoms with Crippen LogP contribution in [0, 0.1) is 11.8 Å². The fourth-order valence-electron chi connectivity index (χ4n) is 1.94. The molecule has 2 unspecified atom stereocenters. The summed E-state index contributed by atoms with van der Waals surface area (Å²) in [4.78, 5) is 0. The van der Waals surface area contributed by atoms with E-state index in [2.05, 4.69) is 0 Å². The third-order valence-electron chi connectivity index (χ3n) is 2.98. The van der Waals surface area contributed by atoms with Gasteiger partial charge in [0.1, 0.15) is 0 Å². The van der Waals surface area contributed by atoms with Gasteiger partial charge in [-0.1, -0.05) is 0 Å². The van der Waals surface area contributed by atoms with Crippen LogP contribution in [0.5, 0.6) is 0 Å². The summed E-state index contributed by atoms with van der Waals surface area (Å²) in [5, 5.41) is 0. The van der Waals surface area contributed by atoms with Crippen LogP contribution >= 0.6 is 0 Å². The molecule has 1 saturated heterocycles. The largest absolute Gasteiger partial charge is 0.327 e. The molecule has 5 heteroatoms. The zero-order valence-electron chi connectivity index (χ0n) is 7.10. The third kappa shape index (κ3) is 1.08. The summed E-state index contributed by atoms with van der Waals surface area (Å²) in [6.45, 7) is 2.99. The molecule has 0 radical (unpaired) electrons. The van der Waals surface area contributed by atoms with Crippen LogP contribution in [0.15, 0.2) is 0 Å². The summed E-state index contributed by atoms with van der Waals surface area (Å²) in [5.74, 6) is 1.11. The molecule has 2 aliphatic rings. The van der Waals surface area contributed by atoms with E-state index in [0.717, 1.165) is 0 Å². The van der Waals surface area contributed by atoms with E-state index in [1.165, 1.54) is 0 Å². The molecule has 2 fully saturated rings. The van der Waals surface area contributed by atoms with Crippen LogP contribution in [0.4, 0.5) is 0 Å². The number of fused-ring (bicyclic) bond motifs is 1. The molecule has 0 amide bonds. The molecule has 2 atom stereocenters. The molecule has 2 N–H and O–H groups in total. The number of hydrogen-bond donors (Lipinski definition) is 1. The maximum Gasteiger partial charge on any atom is 0.213 e. The van der Waals surface area contributed by atoms with Gasteiger partial charge >= 0.3 is 0 Å². The highest BCUT2D eigenvalue weighted by Gasteiger charge is 2.55. The first kappa shape index (κ1) is 8.47. The average Bonchev–Trinajstić information content (AvgIpc) is 2.55. The molecule has 1 saturated carbocycles. The molecule has 1 aliphatic heterocycles. The highest BCUT2D eigenvalue weighted by molar-refractivity contribution is 7.89. The Hall–Kier alpha value is -0.130. The van der Waals surface area contributed by atoms with Crippen LogP contribution in [0.2, 0.25) is 0 Å². The topological polar surface area (TPSA) is 63.4 Å². The zero-order valence-corrected chi connectivity index (χ0v) is 7.92. The van der Waals surface area contributed by atoms with Gasteiger partial charge in [0.2, 0.25) is 10.0 Å². The summed E-state index contributed by atoms with van der Waals surface area (Å²) in [7, 11) is -2.95. The van der Waals surface area contributed by atoms with E-state index >= 15 is 0 Å². The van der Waals surface area contributed by atoms with Gasteiger partial charge in [-0.15, -0.1) is 0 Å². The Balaban J connectivity index is 2.04. The Labute approximate surface area is 72.8 Å².